The Morgan fingerprint density at radius 2 is 1.94 bits per heavy atom. The van der Waals surface area contributed by atoms with Crippen LogP contribution in [0.2, 0.25) is 0 Å². The number of para-hydroxylation sites is 1. The number of rotatable bonds is 6. The van der Waals surface area contributed by atoms with Crippen LogP contribution in [-0.4, -0.2) is 46.3 Å². The maximum absolute atomic E-state index is 13.3. The molecule has 1 amide bonds. The van der Waals surface area contributed by atoms with Crippen LogP contribution in [0.25, 0.3) is 10.8 Å². The number of hydrogen-bond donors (Lipinski definition) is 1. The zero-order valence-corrected chi connectivity index (χ0v) is 19.6. The number of pyridine rings is 1. The third-order valence-corrected chi connectivity index (χ3v) is 6.52. The number of aromatic nitrogens is 3. The van der Waals surface area contributed by atoms with Crippen molar-refractivity contribution in [2.24, 2.45) is 0 Å². The molecule has 2 aromatic carbocycles. The summed E-state index contributed by atoms with van der Waals surface area (Å²) in [6.07, 6.45) is 1.51. The van der Waals surface area contributed by atoms with Crippen molar-refractivity contribution < 1.29 is 18.9 Å². The molecule has 2 aromatic heterocycles. The van der Waals surface area contributed by atoms with E-state index < -0.39 is 0 Å². The first-order valence-electron chi connectivity index (χ1n) is 11.5. The highest BCUT2D eigenvalue weighted by atomic mass is 16.6. The molecule has 1 aliphatic heterocycles. The monoisotopic (exact) mass is 474 g/mol. The van der Waals surface area contributed by atoms with Gasteiger partial charge in [-0.15, -0.1) is 0 Å². The third kappa shape index (κ3) is 4.62. The summed E-state index contributed by atoms with van der Waals surface area (Å²) in [5.74, 6) is 1.29. The van der Waals surface area contributed by atoms with E-state index in [9.17, 15) is 9.59 Å². The van der Waals surface area contributed by atoms with Gasteiger partial charge >= 0.3 is 0 Å². The largest absolute Gasteiger partial charge is 0.497 e. The topological polar surface area (TPSA) is 111 Å². The fourth-order valence-corrected chi connectivity index (χ4v) is 4.48. The van der Waals surface area contributed by atoms with Crippen molar-refractivity contribution in [3.05, 3.63) is 81.5 Å². The van der Waals surface area contributed by atoms with E-state index in [-0.39, 0.29) is 24.0 Å². The third-order valence-electron chi connectivity index (χ3n) is 6.52. The molecule has 4 aromatic rings. The van der Waals surface area contributed by atoms with Gasteiger partial charge in [0.15, 0.2) is 0 Å². The number of carbonyl (C=O) groups excluding carboxylic acids is 1. The van der Waals surface area contributed by atoms with Gasteiger partial charge in [0.05, 0.1) is 12.7 Å². The Bertz CT molecular complexity index is 1420. The SMILES string of the molecule is COc1ccc2c(=O)[nH]c(C3CCN(C(=O)c4ccccc4OCc4nonc4C)CC3)cc2c1. The summed E-state index contributed by atoms with van der Waals surface area (Å²) in [4.78, 5) is 30.8. The molecular formula is C26H26N4O5. The standard InChI is InChI=1S/C26H26N4O5/c1-16-23(29-35-28-16)15-34-24-6-4-3-5-21(24)26(32)30-11-9-17(10-12-30)22-14-18-13-19(33-2)7-8-20(18)25(31)27-22/h3-8,13-14,17H,9-12,15H2,1-2H3,(H,27,31). The number of piperidine rings is 1. The molecule has 0 aliphatic carbocycles. The minimum Gasteiger partial charge on any atom is -0.497 e. The minimum absolute atomic E-state index is 0.0780. The number of methoxy groups -OCH3 is 1. The van der Waals surface area contributed by atoms with Gasteiger partial charge in [-0.05, 0) is 61.5 Å². The molecule has 9 nitrogen and oxygen atoms in total. The number of aromatic amines is 1. The zero-order valence-electron chi connectivity index (χ0n) is 19.6. The van der Waals surface area contributed by atoms with Gasteiger partial charge < -0.3 is 19.4 Å². The van der Waals surface area contributed by atoms with Crippen LogP contribution in [0, 0.1) is 6.92 Å². The first-order chi connectivity index (χ1) is 17.0. The van der Waals surface area contributed by atoms with Crippen molar-refractivity contribution in [3.8, 4) is 11.5 Å². The Balaban J connectivity index is 1.28. The van der Waals surface area contributed by atoms with Gasteiger partial charge in [-0.25, -0.2) is 4.63 Å². The Hall–Kier alpha value is -4.14. The summed E-state index contributed by atoms with van der Waals surface area (Å²) in [6.45, 7) is 3.13. The van der Waals surface area contributed by atoms with Crippen LogP contribution >= 0.6 is 0 Å². The molecule has 0 unspecified atom stereocenters. The summed E-state index contributed by atoms with van der Waals surface area (Å²) in [7, 11) is 1.61. The molecule has 1 aliphatic rings. The van der Waals surface area contributed by atoms with E-state index in [1.165, 1.54) is 0 Å². The molecule has 0 saturated carbocycles. The molecule has 1 N–H and O–H groups in total. The number of amides is 1. The molecule has 1 fully saturated rings. The fraction of sp³-hybridized carbons (Fsp3) is 0.308. The number of fused-ring (bicyclic) bond motifs is 1. The van der Waals surface area contributed by atoms with Gasteiger partial charge in [-0.1, -0.05) is 22.4 Å². The molecule has 5 rings (SSSR count). The summed E-state index contributed by atoms with van der Waals surface area (Å²) in [5.41, 5.74) is 2.54. The number of hydrogen-bond acceptors (Lipinski definition) is 7. The Kier molecular flexibility index (Phi) is 6.22. The number of ether oxygens (including phenoxy) is 2. The summed E-state index contributed by atoms with van der Waals surface area (Å²) >= 11 is 0. The lowest BCUT2D eigenvalue weighted by atomic mass is 9.91. The number of likely N-dealkylation sites (tertiary alicyclic amines) is 1. The maximum Gasteiger partial charge on any atom is 0.257 e. The number of nitrogens with zero attached hydrogens (tertiary/aromatic N) is 3. The minimum atomic E-state index is -0.109. The molecule has 9 heteroatoms. The van der Waals surface area contributed by atoms with E-state index >= 15 is 0 Å². The van der Waals surface area contributed by atoms with Crippen LogP contribution in [0.4, 0.5) is 0 Å². The lowest BCUT2D eigenvalue weighted by Gasteiger charge is -2.32. The number of nitrogens with one attached hydrogen (secondary N) is 1. The summed E-state index contributed by atoms with van der Waals surface area (Å²) < 4.78 is 15.9. The lowest BCUT2D eigenvalue weighted by molar-refractivity contribution is 0.0707. The van der Waals surface area contributed by atoms with Crippen LogP contribution < -0.4 is 15.0 Å². The number of H-pyrrole nitrogens is 1. The first kappa shape index (κ1) is 22.6. The smallest absolute Gasteiger partial charge is 0.257 e. The van der Waals surface area contributed by atoms with Crippen LogP contribution in [0.1, 0.15) is 46.2 Å². The van der Waals surface area contributed by atoms with E-state index in [0.717, 1.165) is 23.9 Å². The first-order valence-corrected chi connectivity index (χ1v) is 11.5. The van der Waals surface area contributed by atoms with Crippen molar-refractivity contribution in [3.63, 3.8) is 0 Å². The average Bonchev–Trinajstić information content (AvgIpc) is 3.31. The van der Waals surface area contributed by atoms with Crippen molar-refractivity contribution in [1.29, 1.82) is 0 Å². The molecule has 1 saturated heterocycles. The van der Waals surface area contributed by atoms with Crippen molar-refractivity contribution >= 4 is 16.7 Å². The number of benzene rings is 2. The summed E-state index contributed by atoms with van der Waals surface area (Å²) in [6, 6.07) is 14.7. The van der Waals surface area contributed by atoms with Gasteiger partial charge in [-0.3, -0.25) is 9.59 Å². The normalized spacial score (nSPS) is 14.3. The van der Waals surface area contributed by atoms with E-state index in [1.807, 2.05) is 29.2 Å². The van der Waals surface area contributed by atoms with Gasteiger partial charge in [0.2, 0.25) is 0 Å². The molecule has 0 radical (unpaired) electrons. The highest BCUT2D eigenvalue weighted by molar-refractivity contribution is 5.97. The predicted molar refractivity (Wildman–Crippen MR) is 129 cm³/mol. The quantitative estimate of drug-likeness (QED) is 0.452. The van der Waals surface area contributed by atoms with Crippen LogP contribution in [0.15, 0.2) is 58.0 Å². The van der Waals surface area contributed by atoms with Crippen LogP contribution in [0.3, 0.4) is 0 Å². The molecule has 180 valence electrons. The van der Waals surface area contributed by atoms with Gasteiger partial charge in [0, 0.05) is 30.1 Å². The second-order valence-electron chi connectivity index (χ2n) is 8.65. The van der Waals surface area contributed by atoms with E-state index in [2.05, 4.69) is 15.3 Å². The van der Waals surface area contributed by atoms with Crippen molar-refractivity contribution in [2.45, 2.75) is 32.3 Å². The van der Waals surface area contributed by atoms with Gasteiger partial charge in [0.1, 0.15) is 29.5 Å². The molecule has 0 atom stereocenters. The van der Waals surface area contributed by atoms with Crippen molar-refractivity contribution in [1.82, 2.24) is 20.2 Å². The second-order valence-corrected chi connectivity index (χ2v) is 8.65. The Morgan fingerprint density at radius 1 is 1.14 bits per heavy atom. The maximum atomic E-state index is 13.3. The van der Waals surface area contributed by atoms with Crippen molar-refractivity contribution in [2.75, 3.05) is 20.2 Å². The highest BCUT2D eigenvalue weighted by Gasteiger charge is 2.27. The fourth-order valence-electron chi connectivity index (χ4n) is 4.48. The lowest BCUT2D eigenvalue weighted by Crippen LogP contribution is -2.38. The van der Waals surface area contributed by atoms with Gasteiger partial charge in [0.25, 0.3) is 11.5 Å². The zero-order chi connectivity index (χ0) is 24.4. The molecular weight excluding hydrogens is 448 g/mol. The molecule has 3 heterocycles. The van der Waals surface area contributed by atoms with Gasteiger partial charge in [-0.2, -0.15) is 0 Å². The molecule has 35 heavy (non-hydrogen) atoms. The number of aryl methyl sites for hydroxylation is 1. The molecule has 0 bridgehead atoms. The van der Waals surface area contributed by atoms with Crippen LogP contribution in [-0.2, 0) is 6.61 Å². The highest BCUT2D eigenvalue weighted by Crippen LogP contribution is 2.30. The second kappa shape index (κ2) is 9.61. The van der Waals surface area contributed by atoms with E-state index in [4.69, 9.17) is 14.1 Å². The van der Waals surface area contributed by atoms with Crippen LogP contribution in [0.5, 0.6) is 11.5 Å². The average molecular weight is 475 g/mol. The predicted octanol–water partition coefficient (Wildman–Crippen LogP) is 3.83. The Labute approximate surface area is 201 Å². The summed E-state index contributed by atoms with van der Waals surface area (Å²) in [5, 5.41) is 9.07. The molecule has 0 spiro atoms. The number of carbonyl (C=O) groups is 1. The van der Waals surface area contributed by atoms with E-state index in [0.29, 0.717) is 46.9 Å². The Morgan fingerprint density at radius 3 is 2.69 bits per heavy atom. The van der Waals surface area contributed by atoms with E-state index in [1.54, 1.807) is 38.3 Å².